The van der Waals surface area contributed by atoms with Gasteiger partial charge in [0.25, 0.3) is 0 Å². The first-order valence-electron chi connectivity index (χ1n) is 17.4. The van der Waals surface area contributed by atoms with E-state index in [9.17, 15) is 14.0 Å². The van der Waals surface area contributed by atoms with Crippen molar-refractivity contribution in [2.45, 2.75) is 44.3 Å². The molecule has 1 amide bonds. The first kappa shape index (κ1) is 37.5. The Morgan fingerprint density at radius 1 is 0.827 bits per heavy atom. The van der Waals surface area contributed by atoms with E-state index >= 15 is 0 Å². The SMILES string of the molecule is Nc1cc(Cl)c(OCC2CC2)cc1/C=C/C(=O)N1C2COCC1CN(Cc1ccc(F)cc1)C2.Nc1cc(Cl)c(OCC2CC2)cc1/C=C/C(=O)O. The van der Waals surface area contributed by atoms with E-state index in [4.69, 9.17) is 54.0 Å². The summed E-state index contributed by atoms with van der Waals surface area (Å²) in [7, 11) is 0. The number of benzene rings is 3. The molecule has 2 heterocycles. The van der Waals surface area contributed by atoms with Crippen LogP contribution in [0.5, 0.6) is 11.5 Å². The number of halogens is 3. The minimum Gasteiger partial charge on any atom is -0.492 e. The lowest BCUT2D eigenvalue weighted by atomic mass is 10.0. The monoisotopic (exact) mass is 752 g/mol. The second-order valence-corrected chi connectivity index (χ2v) is 14.6. The lowest BCUT2D eigenvalue weighted by Crippen LogP contribution is -2.65. The minimum absolute atomic E-state index is 0.0369. The Morgan fingerprint density at radius 2 is 1.33 bits per heavy atom. The predicted octanol–water partition coefficient (Wildman–Crippen LogP) is 6.78. The van der Waals surface area contributed by atoms with Gasteiger partial charge in [0, 0.05) is 54.3 Å². The molecule has 276 valence electrons. The molecule has 52 heavy (non-hydrogen) atoms. The fourth-order valence-electron chi connectivity index (χ4n) is 6.16. The van der Waals surface area contributed by atoms with Gasteiger partial charge in [0.15, 0.2) is 0 Å². The smallest absolute Gasteiger partial charge is 0.328 e. The van der Waals surface area contributed by atoms with E-state index in [1.807, 2.05) is 4.90 Å². The van der Waals surface area contributed by atoms with Crippen LogP contribution in [-0.2, 0) is 20.9 Å². The maximum atomic E-state index is 13.2. The van der Waals surface area contributed by atoms with Crippen LogP contribution in [0, 0.1) is 17.7 Å². The number of nitrogens with zero attached hydrogens (tertiary/aromatic N) is 2. The van der Waals surface area contributed by atoms with Gasteiger partial charge in [-0.15, -0.1) is 0 Å². The lowest BCUT2D eigenvalue weighted by molar-refractivity contribution is -0.150. The molecule has 7 rings (SSSR count). The molecule has 5 N–H and O–H groups in total. The number of anilines is 2. The van der Waals surface area contributed by atoms with E-state index in [0.29, 0.717) is 95.4 Å². The number of fused-ring (bicyclic) bond motifs is 2. The number of nitrogen functional groups attached to an aromatic ring is 2. The van der Waals surface area contributed by atoms with E-state index in [1.165, 1.54) is 43.9 Å². The number of carboxylic acids is 1. The Kier molecular flexibility index (Phi) is 12.3. The molecule has 3 aromatic carbocycles. The zero-order chi connectivity index (χ0) is 36.8. The van der Waals surface area contributed by atoms with Crippen LogP contribution in [-0.4, -0.2) is 78.4 Å². The molecule has 0 radical (unpaired) electrons. The van der Waals surface area contributed by atoms with Crippen molar-refractivity contribution in [1.29, 1.82) is 0 Å². The van der Waals surface area contributed by atoms with Gasteiger partial charge < -0.3 is 35.7 Å². The van der Waals surface area contributed by atoms with Gasteiger partial charge in [0.05, 0.1) is 48.6 Å². The largest absolute Gasteiger partial charge is 0.492 e. The first-order chi connectivity index (χ1) is 25.0. The molecule has 4 aliphatic rings. The molecule has 4 fully saturated rings. The highest BCUT2D eigenvalue weighted by Crippen LogP contribution is 2.36. The van der Waals surface area contributed by atoms with E-state index in [0.717, 1.165) is 18.2 Å². The molecule has 2 aliphatic carbocycles. The summed E-state index contributed by atoms with van der Waals surface area (Å²) < 4.78 is 30.4. The average molecular weight is 754 g/mol. The Balaban J connectivity index is 0.000000217. The van der Waals surface area contributed by atoms with Gasteiger partial charge in [-0.1, -0.05) is 35.3 Å². The highest BCUT2D eigenvalue weighted by molar-refractivity contribution is 6.32. The number of carboxylic acid groups (broad SMARTS) is 1. The molecule has 3 aromatic rings. The van der Waals surface area contributed by atoms with Crippen LogP contribution in [0.1, 0.15) is 42.4 Å². The van der Waals surface area contributed by atoms with Gasteiger partial charge in [-0.2, -0.15) is 0 Å². The van der Waals surface area contributed by atoms with Crippen molar-refractivity contribution < 1.29 is 33.3 Å². The van der Waals surface area contributed by atoms with Gasteiger partial charge >= 0.3 is 5.97 Å². The summed E-state index contributed by atoms with van der Waals surface area (Å²) in [6, 6.07) is 13.2. The van der Waals surface area contributed by atoms with E-state index in [2.05, 4.69) is 4.90 Å². The normalized spacial score (nSPS) is 20.1. The van der Waals surface area contributed by atoms with Gasteiger partial charge in [-0.25, -0.2) is 9.18 Å². The second kappa shape index (κ2) is 17.0. The number of nitrogens with two attached hydrogens (primary N) is 2. The molecule has 10 nitrogen and oxygen atoms in total. The van der Waals surface area contributed by atoms with Crippen LogP contribution in [0.2, 0.25) is 10.0 Å². The maximum absolute atomic E-state index is 13.2. The second-order valence-electron chi connectivity index (χ2n) is 13.7. The van der Waals surface area contributed by atoms with Gasteiger partial charge in [-0.05, 0) is 91.6 Å². The lowest BCUT2D eigenvalue weighted by Gasteiger charge is -2.49. The molecular formula is C39H43Cl2FN4O6. The van der Waals surface area contributed by atoms with Crippen molar-refractivity contribution in [3.05, 3.63) is 93.2 Å². The molecule has 2 bridgehead atoms. The van der Waals surface area contributed by atoms with Crippen molar-refractivity contribution in [2.24, 2.45) is 11.8 Å². The van der Waals surface area contributed by atoms with Crippen LogP contribution < -0.4 is 20.9 Å². The number of ether oxygens (including phenoxy) is 3. The summed E-state index contributed by atoms with van der Waals surface area (Å²) in [6.07, 6.45) is 10.5. The maximum Gasteiger partial charge on any atom is 0.328 e. The predicted molar refractivity (Wildman–Crippen MR) is 201 cm³/mol. The third kappa shape index (κ3) is 10.4. The molecule has 2 aliphatic heterocycles. The standard InChI is InChI=1S/C26H29ClFN3O3.C13H14ClNO3/c27-23-10-24(29)19(9-25(23)34-14-18-1-2-18)5-8-26(32)31-21-12-30(13-22(31)16-33-15-21)11-17-3-6-20(28)7-4-17;14-10-6-11(15)9(3-4-13(16)17)5-12(10)18-7-8-1-2-8/h3-10,18,21-22H,1-2,11-16,29H2;3-6,8H,1-2,7,15H2,(H,16,17)/b8-5+;4-3+. The minimum atomic E-state index is -1.02. The fraction of sp³-hybridized carbons (Fsp3) is 0.385. The zero-order valence-electron chi connectivity index (χ0n) is 28.7. The summed E-state index contributed by atoms with van der Waals surface area (Å²) >= 11 is 12.3. The molecule has 2 saturated heterocycles. The van der Waals surface area contributed by atoms with Crippen LogP contribution >= 0.6 is 23.2 Å². The van der Waals surface area contributed by atoms with E-state index in [1.54, 1.807) is 48.6 Å². The average Bonchev–Trinajstić information content (AvgIpc) is 4.04. The van der Waals surface area contributed by atoms with E-state index < -0.39 is 5.97 Å². The first-order valence-corrected chi connectivity index (χ1v) is 18.2. The number of morpholine rings is 1. The number of amides is 1. The Morgan fingerprint density at radius 3 is 1.81 bits per heavy atom. The third-order valence-electron chi connectivity index (χ3n) is 9.35. The molecule has 0 spiro atoms. The zero-order valence-corrected chi connectivity index (χ0v) is 30.2. The Hall–Kier alpha value is -4.29. The van der Waals surface area contributed by atoms with Crippen molar-refractivity contribution >= 4 is 58.6 Å². The van der Waals surface area contributed by atoms with Crippen LogP contribution in [0.3, 0.4) is 0 Å². The highest BCUT2D eigenvalue weighted by atomic mass is 35.5. The Labute approximate surface area is 312 Å². The summed E-state index contributed by atoms with van der Waals surface area (Å²) in [5, 5.41) is 9.51. The van der Waals surface area contributed by atoms with Crippen LogP contribution in [0.25, 0.3) is 12.2 Å². The third-order valence-corrected chi connectivity index (χ3v) is 9.94. The number of aliphatic carboxylic acids is 1. The summed E-state index contributed by atoms with van der Waals surface area (Å²) in [5.41, 5.74) is 15.2. The number of rotatable bonds is 12. The van der Waals surface area contributed by atoms with Crippen molar-refractivity contribution in [3.63, 3.8) is 0 Å². The summed E-state index contributed by atoms with van der Waals surface area (Å²) in [6.45, 7) is 4.42. The Bertz CT molecular complexity index is 1800. The topological polar surface area (TPSA) is 141 Å². The summed E-state index contributed by atoms with van der Waals surface area (Å²) in [4.78, 5) is 27.9. The number of hydrogen-bond acceptors (Lipinski definition) is 8. The van der Waals surface area contributed by atoms with Crippen molar-refractivity contribution in [1.82, 2.24) is 9.80 Å². The van der Waals surface area contributed by atoms with Crippen molar-refractivity contribution in [2.75, 3.05) is 51.0 Å². The quantitative estimate of drug-likeness (QED) is 0.135. The molecule has 0 aromatic heterocycles. The summed E-state index contributed by atoms with van der Waals surface area (Å²) in [5.74, 6) is 1.05. The number of carbonyl (C=O) groups excluding carboxylic acids is 1. The number of piperazine rings is 1. The number of hydrogen-bond donors (Lipinski definition) is 3. The molecule has 2 unspecified atom stereocenters. The highest BCUT2D eigenvalue weighted by Gasteiger charge is 2.40. The van der Waals surface area contributed by atoms with Gasteiger partial charge in [0.1, 0.15) is 17.3 Å². The fourth-order valence-corrected chi connectivity index (χ4v) is 6.61. The molecule has 13 heteroatoms. The van der Waals surface area contributed by atoms with Crippen LogP contribution in [0.4, 0.5) is 15.8 Å². The van der Waals surface area contributed by atoms with Gasteiger partial charge in [-0.3, -0.25) is 9.69 Å². The van der Waals surface area contributed by atoms with E-state index in [-0.39, 0.29) is 23.8 Å². The van der Waals surface area contributed by atoms with Crippen molar-refractivity contribution in [3.8, 4) is 11.5 Å². The van der Waals surface area contributed by atoms with Crippen LogP contribution in [0.15, 0.2) is 60.7 Å². The molecule has 2 saturated carbocycles. The molecular weight excluding hydrogens is 710 g/mol. The number of carbonyl (C=O) groups is 2. The molecule has 2 atom stereocenters. The van der Waals surface area contributed by atoms with Gasteiger partial charge in [0.2, 0.25) is 5.91 Å².